The molecule has 0 heterocycles. The molecule has 2 N–H and O–H groups in total. The fourth-order valence-corrected chi connectivity index (χ4v) is 3.93. The highest BCUT2D eigenvalue weighted by Crippen LogP contribution is 2.23. The zero-order chi connectivity index (χ0) is 14.6. The number of halogens is 1. The Morgan fingerprint density at radius 1 is 1.47 bits per heavy atom. The van der Waals surface area contributed by atoms with Gasteiger partial charge in [-0.3, -0.25) is 0 Å². The third-order valence-electron chi connectivity index (χ3n) is 2.55. The van der Waals surface area contributed by atoms with Gasteiger partial charge in [-0.2, -0.15) is 0 Å². The SMILES string of the molecule is CCCC(C)NS(=O)(=O)c1cc(C(=O)O)ccc1Br. The molecule has 0 amide bonds. The summed E-state index contributed by atoms with van der Waals surface area (Å²) in [6, 6.07) is 3.71. The van der Waals surface area contributed by atoms with E-state index < -0.39 is 16.0 Å². The third-order valence-corrected chi connectivity index (χ3v) is 5.13. The van der Waals surface area contributed by atoms with Gasteiger partial charge in [0.15, 0.2) is 0 Å². The molecule has 106 valence electrons. The van der Waals surface area contributed by atoms with E-state index in [0.717, 1.165) is 18.9 Å². The van der Waals surface area contributed by atoms with Gasteiger partial charge in [0.05, 0.1) is 10.5 Å². The molecule has 1 aromatic rings. The predicted molar refractivity (Wildman–Crippen MR) is 75.8 cm³/mol. The molecule has 0 saturated heterocycles. The number of hydrogen-bond donors (Lipinski definition) is 2. The summed E-state index contributed by atoms with van der Waals surface area (Å²) in [5.74, 6) is -1.16. The summed E-state index contributed by atoms with van der Waals surface area (Å²) in [5.41, 5.74) is -0.0632. The Balaban J connectivity index is 3.13. The fourth-order valence-electron chi connectivity index (χ4n) is 1.66. The fraction of sp³-hybridized carbons (Fsp3) is 0.417. The molecule has 19 heavy (non-hydrogen) atoms. The van der Waals surface area contributed by atoms with E-state index in [4.69, 9.17) is 5.11 Å². The second-order valence-corrected chi connectivity index (χ2v) is 6.80. The third kappa shape index (κ3) is 4.29. The Morgan fingerprint density at radius 3 is 2.63 bits per heavy atom. The number of aromatic carboxylic acids is 1. The number of benzene rings is 1. The topological polar surface area (TPSA) is 83.5 Å². The van der Waals surface area contributed by atoms with Crippen LogP contribution in [0.25, 0.3) is 0 Å². The zero-order valence-electron chi connectivity index (χ0n) is 10.7. The molecular weight excluding hydrogens is 334 g/mol. The molecule has 5 nitrogen and oxygen atoms in total. The van der Waals surface area contributed by atoms with Crippen LogP contribution >= 0.6 is 15.9 Å². The summed E-state index contributed by atoms with van der Waals surface area (Å²) in [4.78, 5) is 10.8. The average Bonchev–Trinajstić information content (AvgIpc) is 2.28. The Labute approximate surface area is 121 Å². The second-order valence-electron chi connectivity index (χ2n) is 4.26. The van der Waals surface area contributed by atoms with Gasteiger partial charge in [0.25, 0.3) is 0 Å². The highest BCUT2D eigenvalue weighted by molar-refractivity contribution is 9.10. The van der Waals surface area contributed by atoms with E-state index in [1.165, 1.54) is 12.1 Å². The second kappa shape index (κ2) is 6.49. The van der Waals surface area contributed by atoms with Crippen molar-refractivity contribution in [3.05, 3.63) is 28.2 Å². The number of rotatable bonds is 6. The van der Waals surface area contributed by atoms with Gasteiger partial charge in [-0.1, -0.05) is 13.3 Å². The largest absolute Gasteiger partial charge is 0.478 e. The Hall–Kier alpha value is -0.920. The minimum atomic E-state index is -3.73. The maximum absolute atomic E-state index is 12.2. The van der Waals surface area contributed by atoms with Crippen LogP contribution in [0.15, 0.2) is 27.6 Å². The number of carboxylic acid groups (broad SMARTS) is 1. The van der Waals surface area contributed by atoms with Gasteiger partial charge >= 0.3 is 5.97 Å². The van der Waals surface area contributed by atoms with Crippen molar-refractivity contribution >= 4 is 31.9 Å². The van der Waals surface area contributed by atoms with Crippen LogP contribution in [0.4, 0.5) is 0 Å². The first-order valence-electron chi connectivity index (χ1n) is 5.83. The molecule has 0 aliphatic heterocycles. The summed E-state index contributed by atoms with van der Waals surface area (Å²) in [6.07, 6.45) is 1.58. The van der Waals surface area contributed by atoms with Crippen LogP contribution in [0, 0.1) is 0 Å². The van der Waals surface area contributed by atoms with Gasteiger partial charge < -0.3 is 5.11 Å². The number of hydrogen-bond acceptors (Lipinski definition) is 3. The normalized spacial score (nSPS) is 13.2. The van der Waals surface area contributed by atoms with Gasteiger partial charge in [0, 0.05) is 10.5 Å². The lowest BCUT2D eigenvalue weighted by atomic mass is 10.2. The molecule has 0 fully saturated rings. The van der Waals surface area contributed by atoms with E-state index in [1.807, 2.05) is 6.92 Å². The summed E-state index contributed by atoms with van der Waals surface area (Å²) in [5, 5.41) is 8.90. The minimum Gasteiger partial charge on any atom is -0.478 e. The van der Waals surface area contributed by atoms with Crippen molar-refractivity contribution in [2.75, 3.05) is 0 Å². The molecular formula is C12H16BrNO4S. The maximum Gasteiger partial charge on any atom is 0.335 e. The van der Waals surface area contributed by atoms with Crippen molar-refractivity contribution in [1.29, 1.82) is 0 Å². The summed E-state index contributed by atoms with van der Waals surface area (Å²) < 4.78 is 27.2. The van der Waals surface area contributed by atoms with Crippen molar-refractivity contribution in [3.63, 3.8) is 0 Å². The van der Waals surface area contributed by atoms with E-state index >= 15 is 0 Å². The maximum atomic E-state index is 12.2. The van der Waals surface area contributed by atoms with Crippen molar-refractivity contribution in [1.82, 2.24) is 4.72 Å². The van der Waals surface area contributed by atoms with Crippen molar-refractivity contribution in [2.45, 2.75) is 37.6 Å². The first-order valence-corrected chi connectivity index (χ1v) is 8.10. The zero-order valence-corrected chi connectivity index (χ0v) is 13.1. The van der Waals surface area contributed by atoms with Gasteiger partial charge in [0.1, 0.15) is 0 Å². The molecule has 0 radical (unpaired) electrons. The number of nitrogens with one attached hydrogen (secondary N) is 1. The van der Waals surface area contributed by atoms with Crippen molar-refractivity contribution < 1.29 is 18.3 Å². The van der Waals surface area contributed by atoms with Crippen LogP contribution in [-0.4, -0.2) is 25.5 Å². The van der Waals surface area contributed by atoms with Gasteiger partial charge in [0.2, 0.25) is 10.0 Å². The van der Waals surface area contributed by atoms with E-state index in [0.29, 0.717) is 4.47 Å². The van der Waals surface area contributed by atoms with Crippen molar-refractivity contribution in [2.24, 2.45) is 0 Å². The molecule has 0 aliphatic carbocycles. The van der Waals surface area contributed by atoms with Gasteiger partial charge in [-0.25, -0.2) is 17.9 Å². The van der Waals surface area contributed by atoms with E-state index in [9.17, 15) is 13.2 Å². The first kappa shape index (κ1) is 16.1. The van der Waals surface area contributed by atoms with Gasteiger partial charge in [-0.05, 0) is 47.5 Å². The minimum absolute atomic E-state index is 0.0599. The Kier molecular flexibility index (Phi) is 5.51. The standard InChI is InChI=1S/C12H16BrNO4S/c1-3-4-8(2)14-19(17,18)11-7-9(12(15)16)5-6-10(11)13/h5-8,14H,3-4H2,1-2H3,(H,15,16). The van der Waals surface area contributed by atoms with Crippen LogP contribution in [-0.2, 0) is 10.0 Å². The Morgan fingerprint density at radius 2 is 2.11 bits per heavy atom. The monoisotopic (exact) mass is 349 g/mol. The number of carboxylic acids is 1. The van der Waals surface area contributed by atoms with E-state index in [2.05, 4.69) is 20.7 Å². The van der Waals surface area contributed by atoms with Crippen molar-refractivity contribution in [3.8, 4) is 0 Å². The van der Waals surface area contributed by atoms with Gasteiger partial charge in [-0.15, -0.1) is 0 Å². The van der Waals surface area contributed by atoms with Crippen LogP contribution in [0.2, 0.25) is 0 Å². The highest BCUT2D eigenvalue weighted by Gasteiger charge is 2.21. The highest BCUT2D eigenvalue weighted by atomic mass is 79.9. The van der Waals surface area contributed by atoms with E-state index in [1.54, 1.807) is 6.92 Å². The first-order chi connectivity index (χ1) is 8.77. The molecule has 1 rings (SSSR count). The van der Waals surface area contributed by atoms with Crippen LogP contribution < -0.4 is 4.72 Å². The molecule has 1 atom stereocenters. The Bertz CT molecular complexity index is 571. The molecule has 0 spiro atoms. The van der Waals surface area contributed by atoms with Crippen LogP contribution in [0.1, 0.15) is 37.0 Å². The molecule has 0 aliphatic rings. The molecule has 0 bridgehead atoms. The molecule has 7 heteroatoms. The van der Waals surface area contributed by atoms with Crippen LogP contribution in [0.5, 0.6) is 0 Å². The summed E-state index contributed by atoms with van der Waals surface area (Å²) in [7, 11) is -3.73. The molecule has 1 unspecified atom stereocenters. The number of carbonyl (C=O) groups is 1. The molecule has 0 saturated carbocycles. The molecule has 0 aromatic heterocycles. The summed E-state index contributed by atoms with van der Waals surface area (Å²) in [6.45, 7) is 3.74. The smallest absolute Gasteiger partial charge is 0.335 e. The lowest BCUT2D eigenvalue weighted by Crippen LogP contribution is -2.32. The number of sulfonamides is 1. The molecule has 1 aromatic carbocycles. The summed E-state index contributed by atoms with van der Waals surface area (Å²) >= 11 is 3.13. The van der Waals surface area contributed by atoms with Crippen LogP contribution in [0.3, 0.4) is 0 Å². The lowest BCUT2D eigenvalue weighted by molar-refractivity contribution is 0.0696. The average molecular weight is 350 g/mol. The predicted octanol–water partition coefficient (Wildman–Crippen LogP) is 2.61. The van der Waals surface area contributed by atoms with E-state index in [-0.39, 0.29) is 16.5 Å². The quantitative estimate of drug-likeness (QED) is 0.826. The lowest BCUT2D eigenvalue weighted by Gasteiger charge is -2.14.